The highest BCUT2D eigenvalue weighted by molar-refractivity contribution is 5.98. The number of alkyl halides is 2. The molecule has 30 heavy (non-hydrogen) atoms. The molecular formula is C21H18F2N4O3. The van der Waals surface area contributed by atoms with Crippen molar-refractivity contribution in [1.29, 1.82) is 5.26 Å². The Morgan fingerprint density at radius 3 is 2.87 bits per heavy atom. The largest absolute Gasteiger partial charge is 0.493 e. The van der Waals surface area contributed by atoms with E-state index in [9.17, 15) is 18.8 Å². The van der Waals surface area contributed by atoms with Crippen molar-refractivity contribution in [3.05, 3.63) is 57.4 Å². The molecule has 0 spiro atoms. The van der Waals surface area contributed by atoms with E-state index >= 15 is 0 Å². The summed E-state index contributed by atoms with van der Waals surface area (Å²) < 4.78 is 36.7. The number of nitrogens with one attached hydrogen (secondary N) is 1. The van der Waals surface area contributed by atoms with Crippen molar-refractivity contribution in [2.75, 3.05) is 11.9 Å². The molecule has 0 saturated heterocycles. The van der Waals surface area contributed by atoms with E-state index in [2.05, 4.69) is 16.4 Å². The van der Waals surface area contributed by atoms with Crippen LogP contribution in [0.1, 0.15) is 40.7 Å². The van der Waals surface area contributed by atoms with Gasteiger partial charge >= 0.3 is 6.61 Å². The number of anilines is 1. The SMILES string of the molecule is CC1=C(C(N)=O)[C@@H](c2ccc(C#N)c3c2OCC3)c2c(OC(F)F)ncc(C)c2N1. The second-order valence-corrected chi connectivity index (χ2v) is 7.09. The Bertz CT molecular complexity index is 1140. The Balaban J connectivity index is 2.04. The van der Waals surface area contributed by atoms with E-state index in [1.807, 2.05) is 0 Å². The minimum Gasteiger partial charge on any atom is -0.493 e. The van der Waals surface area contributed by atoms with Gasteiger partial charge in [-0.2, -0.15) is 14.0 Å². The van der Waals surface area contributed by atoms with Crippen LogP contribution in [0.2, 0.25) is 0 Å². The number of benzene rings is 1. The van der Waals surface area contributed by atoms with E-state index in [1.165, 1.54) is 6.20 Å². The average Bonchev–Trinajstić information content (AvgIpc) is 3.18. The number of nitrogens with zero attached hydrogens (tertiary/aromatic N) is 2. The van der Waals surface area contributed by atoms with Gasteiger partial charge in [0.2, 0.25) is 11.8 Å². The second-order valence-electron chi connectivity index (χ2n) is 7.09. The van der Waals surface area contributed by atoms with Crippen molar-refractivity contribution in [3.63, 3.8) is 0 Å². The van der Waals surface area contributed by atoms with E-state index in [1.54, 1.807) is 26.0 Å². The summed E-state index contributed by atoms with van der Waals surface area (Å²) in [5, 5.41) is 12.5. The molecule has 0 fully saturated rings. The minimum atomic E-state index is -3.10. The minimum absolute atomic E-state index is 0.191. The number of halogens is 2. The average molecular weight is 412 g/mol. The molecule has 0 aliphatic carbocycles. The quantitative estimate of drug-likeness (QED) is 0.798. The molecule has 2 aromatic rings. The van der Waals surface area contributed by atoms with Gasteiger partial charge in [-0.3, -0.25) is 4.79 Å². The highest BCUT2D eigenvalue weighted by Gasteiger charge is 2.39. The van der Waals surface area contributed by atoms with Crippen LogP contribution in [0.3, 0.4) is 0 Å². The fourth-order valence-corrected chi connectivity index (χ4v) is 4.13. The van der Waals surface area contributed by atoms with E-state index in [-0.39, 0.29) is 17.0 Å². The summed E-state index contributed by atoms with van der Waals surface area (Å²) >= 11 is 0. The second kappa shape index (κ2) is 7.30. The van der Waals surface area contributed by atoms with E-state index in [4.69, 9.17) is 15.2 Å². The predicted molar refractivity (Wildman–Crippen MR) is 103 cm³/mol. The van der Waals surface area contributed by atoms with Crippen molar-refractivity contribution in [3.8, 4) is 17.7 Å². The number of nitrogens with two attached hydrogens (primary N) is 1. The first kappa shape index (κ1) is 19.6. The molecule has 0 radical (unpaired) electrons. The number of hydrogen-bond donors (Lipinski definition) is 2. The molecule has 4 rings (SSSR count). The Kier molecular flexibility index (Phi) is 4.78. The molecule has 7 nitrogen and oxygen atoms in total. The molecule has 9 heteroatoms. The van der Waals surface area contributed by atoms with Gasteiger partial charge in [-0.15, -0.1) is 0 Å². The fourth-order valence-electron chi connectivity index (χ4n) is 4.13. The van der Waals surface area contributed by atoms with Gasteiger partial charge in [0.25, 0.3) is 0 Å². The number of allylic oxidation sites excluding steroid dienone is 1. The lowest BCUT2D eigenvalue weighted by Crippen LogP contribution is -2.29. The Morgan fingerprint density at radius 2 is 2.20 bits per heavy atom. The summed E-state index contributed by atoms with van der Waals surface area (Å²) in [4.78, 5) is 16.5. The zero-order valence-electron chi connectivity index (χ0n) is 16.3. The zero-order chi connectivity index (χ0) is 21.6. The van der Waals surface area contributed by atoms with Gasteiger partial charge in [0.1, 0.15) is 5.75 Å². The number of carbonyl (C=O) groups is 1. The van der Waals surface area contributed by atoms with Crippen LogP contribution in [0.15, 0.2) is 29.6 Å². The van der Waals surface area contributed by atoms with Crippen LogP contribution in [-0.4, -0.2) is 24.1 Å². The maximum atomic E-state index is 13.1. The standard InChI is InChI=1S/C21H18F2N4O3/c1-9-8-26-20(30-21(22)23)16-15(14(19(25)28)10(2)27-17(9)16)13-4-3-11(7-24)12-5-6-29-18(12)13/h3-4,8,15,21,27H,5-6H2,1-2H3,(H2,25,28)/t15-/m1/s1. The molecule has 154 valence electrons. The van der Waals surface area contributed by atoms with Crippen LogP contribution in [0.25, 0.3) is 0 Å². The van der Waals surface area contributed by atoms with Gasteiger partial charge in [0.05, 0.1) is 35.4 Å². The van der Waals surface area contributed by atoms with Gasteiger partial charge in [0.15, 0.2) is 0 Å². The lowest BCUT2D eigenvalue weighted by Gasteiger charge is -2.32. The van der Waals surface area contributed by atoms with Gasteiger partial charge in [-0.1, -0.05) is 6.07 Å². The number of pyridine rings is 1. The number of fused-ring (bicyclic) bond motifs is 2. The molecule has 1 amide bonds. The molecule has 0 bridgehead atoms. The van der Waals surface area contributed by atoms with Gasteiger partial charge in [-0.05, 0) is 25.5 Å². The molecule has 3 N–H and O–H groups in total. The first-order valence-electron chi connectivity index (χ1n) is 9.24. The summed E-state index contributed by atoms with van der Waals surface area (Å²) in [7, 11) is 0. The van der Waals surface area contributed by atoms with Crippen LogP contribution < -0.4 is 20.5 Å². The summed E-state index contributed by atoms with van der Waals surface area (Å²) in [5.74, 6) is -1.40. The van der Waals surface area contributed by atoms with E-state index in [0.29, 0.717) is 52.4 Å². The van der Waals surface area contributed by atoms with Crippen LogP contribution in [0, 0.1) is 18.3 Å². The lowest BCUT2D eigenvalue weighted by molar-refractivity contribution is -0.114. The molecule has 0 unspecified atom stereocenters. The van der Waals surface area contributed by atoms with Crippen molar-refractivity contribution in [2.24, 2.45) is 5.73 Å². The maximum absolute atomic E-state index is 13.1. The number of primary amides is 1. The van der Waals surface area contributed by atoms with Gasteiger partial charge in [-0.25, -0.2) is 4.98 Å². The number of aryl methyl sites for hydroxylation is 1. The van der Waals surface area contributed by atoms with Crippen molar-refractivity contribution >= 4 is 11.6 Å². The smallest absolute Gasteiger partial charge is 0.388 e. The third-order valence-electron chi connectivity index (χ3n) is 5.35. The number of hydrogen-bond acceptors (Lipinski definition) is 6. The number of aromatic nitrogens is 1. The summed E-state index contributed by atoms with van der Waals surface area (Å²) in [6, 6.07) is 5.43. The molecule has 2 aliphatic rings. The highest BCUT2D eigenvalue weighted by Crippen LogP contribution is 2.50. The van der Waals surface area contributed by atoms with E-state index < -0.39 is 18.4 Å². The number of carbonyl (C=O) groups excluding carboxylic acids is 1. The first-order chi connectivity index (χ1) is 14.3. The number of amides is 1. The Morgan fingerprint density at radius 1 is 1.43 bits per heavy atom. The first-order valence-corrected chi connectivity index (χ1v) is 9.24. The number of nitriles is 1. The maximum Gasteiger partial charge on any atom is 0.388 e. The lowest BCUT2D eigenvalue weighted by atomic mass is 9.79. The third kappa shape index (κ3) is 3.01. The molecule has 0 saturated carbocycles. The predicted octanol–water partition coefficient (Wildman–Crippen LogP) is 3.11. The fraction of sp³-hybridized carbons (Fsp3) is 0.286. The number of rotatable bonds is 4. The van der Waals surface area contributed by atoms with Crippen LogP contribution in [0.5, 0.6) is 11.6 Å². The zero-order valence-corrected chi connectivity index (χ0v) is 16.3. The molecule has 2 aliphatic heterocycles. The molecule has 1 aromatic heterocycles. The van der Waals surface area contributed by atoms with Crippen molar-refractivity contribution in [1.82, 2.24) is 4.98 Å². The third-order valence-corrected chi connectivity index (χ3v) is 5.35. The summed E-state index contributed by atoms with van der Waals surface area (Å²) in [5.41, 5.74) is 9.58. The normalized spacial score (nSPS) is 17.0. The monoisotopic (exact) mass is 412 g/mol. The number of ether oxygens (including phenoxy) is 2. The van der Waals surface area contributed by atoms with Crippen LogP contribution >= 0.6 is 0 Å². The topological polar surface area (TPSA) is 110 Å². The van der Waals surface area contributed by atoms with Crippen molar-refractivity contribution in [2.45, 2.75) is 32.8 Å². The van der Waals surface area contributed by atoms with Crippen LogP contribution in [0.4, 0.5) is 14.5 Å². The summed E-state index contributed by atoms with van der Waals surface area (Å²) in [6.07, 6.45) is 1.95. The van der Waals surface area contributed by atoms with Crippen LogP contribution in [-0.2, 0) is 11.2 Å². The summed E-state index contributed by atoms with van der Waals surface area (Å²) in [6.45, 7) is 0.732. The Labute approximate surface area is 171 Å². The Hall–Kier alpha value is -3.67. The van der Waals surface area contributed by atoms with E-state index in [0.717, 1.165) is 0 Å². The van der Waals surface area contributed by atoms with Gasteiger partial charge < -0.3 is 20.5 Å². The highest BCUT2D eigenvalue weighted by atomic mass is 19.3. The molecular weight excluding hydrogens is 394 g/mol. The van der Waals surface area contributed by atoms with Crippen molar-refractivity contribution < 1.29 is 23.0 Å². The molecule has 1 atom stereocenters. The molecule has 3 heterocycles. The molecule has 1 aromatic carbocycles. The van der Waals surface area contributed by atoms with Gasteiger partial charge in [0, 0.05) is 35.0 Å².